The van der Waals surface area contributed by atoms with Gasteiger partial charge in [0.25, 0.3) is 0 Å². The Hall–Kier alpha value is -4.39. The third-order valence-electron chi connectivity index (χ3n) is 7.98. The molecule has 0 atom stereocenters. The summed E-state index contributed by atoms with van der Waals surface area (Å²) in [5, 5.41) is 0. The molecule has 43 heavy (non-hydrogen) atoms. The minimum absolute atomic E-state index is 0.0163. The van der Waals surface area contributed by atoms with Crippen molar-refractivity contribution in [2.45, 2.75) is 65.0 Å². The van der Waals surface area contributed by atoms with Crippen LogP contribution in [0.25, 0.3) is 45.4 Å². The molecule has 0 saturated carbocycles. The highest BCUT2D eigenvalue weighted by molar-refractivity contribution is 5.68. The molecule has 7 heteroatoms. The van der Waals surface area contributed by atoms with E-state index >= 15 is 0 Å². The summed E-state index contributed by atoms with van der Waals surface area (Å²) in [6.45, 7) is 13.2. The van der Waals surface area contributed by atoms with Gasteiger partial charge in [-0.05, 0) is 52.6 Å². The molecule has 0 unspecified atom stereocenters. The molecule has 0 bridgehead atoms. The second kappa shape index (κ2) is 11.4. The fraction of sp³-hybridized carbons (Fsp3) is 0.278. The van der Waals surface area contributed by atoms with E-state index < -0.39 is 11.7 Å². The topological polar surface area (TPSA) is 51.6 Å². The van der Waals surface area contributed by atoms with E-state index in [-0.39, 0.29) is 10.8 Å². The summed E-state index contributed by atoms with van der Waals surface area (Å²) >= 11 is 0. The van der Waals surface area contributed by atoms with Crippen LogP contribution in [0.2, 0.25) is 0 Å². The summed E-state index contributed by atoms with van der Waals surface area (Å²) in [6, 6.07) is 25.2. The Balaban J connectivity index is 1.55. The zero-order valence-corrected chi connectivity index (χ0v) is 25.3. The average Bonchev–Trinajstić information content (AvgIpc) is 3.00. The van der Waals surface area contributed by atoms with Crippen LogP contribution in [0.4, 0.5) is 13.2 Å². The van der Waals surface area contributed by atoms with Gasteiger partial charge in [0.15, 0.2) is 17.5 Å². The van der Waals surface area contributed by atoms with Gasteiger partial charge in [-0.3, -0.25) is 4.98 Å². The number of hydrogen-bond donors (Lipinski definition) is 0. The van der Waals surface area contributed by atoms with Crippen molar-refractivity contribution < 1.29 is 13.2 Å². The van der Waals surface area contributed by atoms with Crippen LogP contribution in [0.3, 0.4) is 0 Å². The van der Waals surface area contributed by atoms with Crippen molar-refractivity contribution in [1.29, 1.82) is 0 Å². The van der Waals surface area contributed by atoms with E-state index in [4.69, 9.17) is 15.0 Å². The van der Waals surface area contributed by atoms with Gasteiger partial charge in [-0.15, -0.1) is 0 Å². The molecule has 0 amide bonds. The number of halogens is 3. The lowest BCUT2D eigenvalue weighted by Gasteiger charge is -2.23. The molecule has 4 nitrogen and oxygen atoms in total. The van der Waals surface area contributed by atoms with E-state index in [1.165, 1.54) is 23.3 Å². The largest absolute Gasteiger partial charge is 0.416 e. The average molecular weight is 581 g/mol. The number of alkyl halides is 3. The SMILES string of the molecule is CCC(C)(C)c1ccc(-c2nc(-c3ccc(C(C)(C)C)cc3)nc(-c3ccc(-c4ccc(C(F)(F)F)cc4)nc3)n2)cc1. The molecular formula is C36H35F3N4. The van der Waals surface area contributed by atoms with Gasteiger partial charge < -0.3 is 0 Å². The predicted octanol–water partition coefficient (Wildman–Crippen LogP) is 9.94. The van der Waals surface area contributed by atoms with Crippen LogP contribution >= 0.6 is 0 Å². The second-order valence-corrected chi connectivity index (χ2v) is 12.5. The lowest BCUT2D eigenvalue weighted by Crippen LogP contribution is -2.15. The lowest BCUT2D eigenvalue weighted by molar-refractivity contribution is -0.137. The summed E-state index contributed by atoms with van der Waals surface area (Å²) in [6.07, 6.45) is -1.72. The third kappa shape index (κ3) is 6.66. The lowest BCUT2D eigenvalue weighted by atomic mass is 9.82. The molecule has 0 spiro atoms. The van der Waals surface area contributed by atoms with Crippen molar-refractivity contribution in [3.63, 3.8) is 0 Å². The van der Waals surface area contributed by atoms with Crippen LogP contribution < -0.4 is 0 Å². The Morgan fingerprint density at radius 2 is 0.930 bits per heavy atom. The van der Waals surface area contributed by atoms with Crippen molar-refractivity contribution in [3.05, 3.63) is 108 Å². The zero-order chi connectivity index (χ0) is 31.0. The predicted molar refractivity (Wildman–Crippen MR) is 166 cm³/mol. The van der Waals surface area contributed by atoms with Crippen molar-refractivity contribution in [3.8, 4) is 45.4 Å². The smallest absolute Gasteiger partial charge is 0.255 e. The third-order valence-corrected chi connectivity index (χ3v) is 7.98. The molecular weight excluding hydrogens is 545 g/mol. The van der Waals surface area contributed by atoms with E-state index in [0.717, 1.165) is 29.7 Å². The van der Waals surface area contributed by atoms with Gasteiger partial charge >= 0.3 is 6.18 Å². The van der Waals surface area contributed by atoms with Gasteiger partial charge in [0.1, 0.15) is 0 Å². The maximum atomic E-state index is 13.0. The van der Waals surface area contributed by atoms with E-state index in [1.807, 2.05) is 30.3 Å². The summed E-state index contributed by atoms with van der Waals surface area (Å²) in [5.74, 6) is 1.56. The Labute approximate surface area is 251 Å². The Bertz CT molecular complexity index is 1700. The number of hydrogen-bond acceptors (Lipinski definition) is 4. The molecule has 220 valence electrons. The van der Waals surface area contributed by atoms with Crippen LogP contribution in [0.1, 0.15) is 64.7 Å². The maximum absolute atomic E-state index is 13.0. The molecule has 0 fully saturated rings. The van der Waals surface area contributed by atoms with Crippen molar-refractivity contribution in [2.75, 3.05) is 0 Å². The standard InChI is InChI=1S/C36H35F3N4/c1-7-35(5,6)28-17-12-25(13-18-28)32-41-31(24-10-15-27(16-11-24)34(2,3)4)42-33(43-32)26-14-21-30(40-22-26)23-8-19-29(20-9-23)36(37,38)39/h8-22H,7H2,1-6H3. The molecule has 3 aromatic carbocycles. The number of pyridine rings is 1. The number of rotatable bonds is 6. The van der Waals surface area contributed by atoms with E-state index in [0.29, 0.717) is 34.3 Å². The molecule has 0 radical (unpaired) electrons. The molecule has 2 aromatic heterocycles. The fourth-order valence-electron chi connectivity index (χ4n) is 4.68. The molecule has 0 aliphatic carbocycles. The van der Waals surface area contributed by atoms with Crippen molar-refractivity contribution in [2.24, 2.45) is 0 Å². The number of nitrogens with zero attached hydrogens (tertiary/aromatic N) is 4. The van der Waals surface area contributed by atoms with E-state index in [9.17, 15) is 13.2 Å². The molecule has 5 aromatic rings. The van der Waals surface area contributed by atoms with Crippen LogP contribution in [0.15, 0.2) is 91.1 Å². The first-order valence-electron chi connectivity index (χ1n) is 14.4. The van der Waals surface area contributed by atoms with Gasteiger partial charge in [0, 0.05) is 28.5 Å². The Morgan fingerprint density at radius 1 is 0.512 bits per heavy atom. The van der Waals surface area contributed by atoms with Gasteiger partial charge in [-0.2, -0.15) is 13.2 Å². The van der Waals surface area contributed by atoms with Crippen molar-refractivity contribution in [1.82, 2.24) is 19.9 Å². The number of aromatic nitrogens is 4. The summed E-state index contributed by atoms with van der Waals surface area (Å²) in [5.41, 5.74) is 5.40. The minimum atomic E-state index is -4.39. The number of benzene rings is 3. The normalized spacial score (nSPS) is 12.4. The first kappa shape index (κ1) is 30.1. The first-order valence-corrected chi connectivity index (χ1v) is 14.4. The molecule has 2 heterocycles. The summed E-state index contributed by atoms with van der Waals surface area (Å²) in [4.78, 5) is 19.0. The molecule has 5 rings (SSSR count). The van der Waals surface area contributed by atoms with Gasteiger partial charge in [-0.25, -0.2) is 15.0 Å². The van der Waals surface area contributed by atoms with Gasteiger partial charge in [-0.1, -0.05) is 102 Å². The van der Waals surface area contributed by atoms with Crippen LogP contribution in [0, 0.1) is 0 Å². The highest BCUT2D eigenvalue weighted by Gasteiger charge is 2.30. The summed E-state index contributed by atoms with van der Waals surface area (Å²) in [7, 11) is 0. The van der Waals surface area contributed by atoms with Crippen molar-refractivity contribution >= 4 is 0 Å². The van der Waals surface area contributed by atoms with E-state index in [2.05, 4.69) is 70.8 Å². The molecule has 0 saturated heterocycles. The quantitative estimate of drug-likeness (QED) is 0.201. The molecule has 0 aliphatic heterocycles. The second-order valence-electron chi connectivity index (χ2n) is 12.5. The Kier molecular flexibility index (Phi) is 7.95. The van der Waals surface area contributed by atoms with Crippen LogP contribution in [-0.2, 0) is 17.0 Å². The molecule has 0 aliphatic rings. The summed E-state index contributed by atoms with van der Waals surface area (Å²) < 4.78 is 39.0. The fourth-order valence-corrected chi connectivity index (χ4v) is 4.68. The highest BCUT2D eigenvalue weighted by Crippen LogP contribution is 2.33. The zero-order valence-electron chi connectivity index (χ0n) is 25.3. The van der Waals surface area contributed by atoms with Crippen LogP contribution in [-0.4, -0.2) is 19.9 Å². The molecule has 0 N–H and O–H groups in total. The Morgan fingerprint density at radius 3 is 1.35 bits per heavy atom. The van der Waals surface area contributed by atoms with Gasteiger partial charge in [0.05, 0.1) is 11.3 Å². The first-order chi connectivity index (χ1) is 20.2. The monoisotopic (exact) mass is 580 g/mol. The highest BCUT2D eigenvalue weighted by atomic mass is 19.4. The maximum Gasteiger partial charge on any atom is 0.416 e. The van der Waals surface area contributed by atoms with E-state index in [1.54, 1.807) is 12.3 Å². The van der Waals surface area contributed by atoms with Gasteiger partial charge in [0.2, 0.25) is 0 Å². The minimum Gasteiger partial charge on any atom is -0.255 e. The van der Waals surface area contributed by atoms with Crippen LogP contribution in [0.5, 0.6) is 0 Å².